The number of nitrogens with zero attached hydrogens (tertiary/aromatic N) is 3. The third kappa shape index (κ3) is 5.88. The van der Waals surface area contributed by atoms with E-state index >= 15 is 0 Å². The summed E-state index contributed by atoms with van der Waals surface area (Å²) in [7, 11) is 1.31. The van der Waals surface area contributed by atoms with E-state index in [4.69, 9.17) is 26.8 Å². The molecule has 0 bridgehead atoms. The molecule has 0 saturated carbocycles. The van der Waals surface area contributed by atoms with Gasteiger partial charge < -0.3 is 25.5 Å². The SMILES string of the molecule is COC(=O)[C@H]1CCN(n2cc(C(=O)Nc3ccc(Oc4ccnc(N)c4Cl)c(F)c3)c(=O)c(-c3ccc(F)cc3)c2)C1. The molecule has 1 aliphatic heterocycles. The van der Waals surface area contributed by atoms with E-state index in [1.807, 2.05) is 0 Å². The van der Waals surface area contributed by atoms with Crippen LogP contribution in [-0.2, 0) is 9.53 Å². The standard InChI is InChI=1S/C29H24ClF2N5O5/c1-41-29(40)17-9-11-36(13-17)37-14-20(16-2-4-18(31)5-3-16)26(38)21(15-37)28(39)35-19-6-7-23(22(32)12-19)42-24-8-10-34-27(33)25(24)30/h2-8,10,12,14-15,17H,9,11,13H2,1H3,(H2,33,34)(H,35,39)/t17-/m0/s1. The lowest BCUT2D eigenvalue weighted by molar-refractivity contribution is -0.144. The van der Waals surface area contributed by atoms with Gasteiger partial charge in [0.1, 0.15) is 22.2 Å². The lowest BCUT2D eigenvalue weighted by Gasteiger charge is -2.23. The van der Waals surface area contributed by atoms with Crippen LogP contribution in [0, 0.1) is 17.6 Å². The molecule has 1 aliphatic rings. The van der Waals surface area contributed by atoms with Gasteiger partial charge in [-0.25, -0.2) is 13.8 Å². The number of nitrogens with two attached hydrogens (primary N) is 1. The van der Waals surface area contributed by atoms with Crippen molar-refractivity contribution in [1.82, 2.24) is 9.66 Å². The first-order valence-corrected chi connectivity index (χ1v) is 13.1. The van der Waals surface area contributed by atoms with Gasteiger partial charge in [-0.1, -0.05) is 23.7 Å². The number of anilines is 2. The van der Waals surface area contributed by atoms with Crippen LogP contribution in [0.25, 0.3) is 11.1 Å². The number of carbonyl (C=O) groups is 2. The molecule has 4 aromatic rings. The summed E-state index contributed by atoms with van der Waals surface area (Å²) in [5.74, 6) is -2.94. The zero-order valence-corrected chi connectivity index (χ0v) is 22.9. The van der Waals surface area contributed by atoms with Gasteiger partial charge in [0.15, 0.2) is 17.3 Å². The van der Waals surface area contributed by atoms with Crippen molar-refractivity contribution in [3.8, 4) is 22.6 Å². The second-order valence-electron chi connectivity index (χ2n) is 9.43. The minimum Gasteiger partial charge on any atom is -0.469 e. The number of carbonyl (C=O) groups excluding carboxylic acids is 2. The van der Waals surface area contributed by atoms with Crippen LogP contribution >= 0.6 is 11.6 Å². The molecule has 1 amide bonds. The van der Waals surface area contributed by atoms with Crippen LogP contribution in [0.1, 0.15) is 16.8 Å². The number of nitrogen functional groups attached to an aromatic ring is 1. The number of rotatable bonds is 7. The Hall–Kier alpha value is -4.97. The Bertz CT molecular complexity index is 1730. The normalized spacial score (nSPS) is 14.5. The average Bonchev–Trinajstić information content (AvgIpc) is 3.47. The van der Waals surface area contributed by atoms with Crippen LogP contribution in [0.4, 0.5) is 20.3 Å². The summed E-state index contributed by atoms with van der Waals surface area (Å²) in [6.07, 6.45) is 4.73. The van der Waals surface area contributed by atoms with E-state index in [-0.39, 0.29) is 51.0 Å². The Balaban J connectivity index is 1.45. The fraction of sp³-hybridized carbons (Fsp3) is 0.172. The van der Waals surface area contributed by atoms with E-state index in [0.717, 1.165) is 6.07 Å². The maximum atomic E-state index is 14.9. The summed E-state index contributed by atoms with van der Waals surface area (Å²) >= 11 is 6.07. The first-order chi connectivity index (χ1) is 20.1. The Morgan fingerprint density at radius 2 is 1.86 bits per heavy atom. The number of hydrogen-bond acceptors (Lipinski definition) is 8. The molecule has 0 aliphatic carbocycles. The molecule has 1 fully saturated rings. The lowest BCUT2D eigenvalue weighted by Crippen LogP contribution is -2.36. The van der Waals surface area contributed by atoms with Crippen LogP contribution in [0.2, 0.25) is 5.02 Å². The van der Waals surface area contributed by atoms with Crippen molar-refractivity contribution >= 4 is 35.0 Å². The molecule has 3 heterocycles. The zero-order valence-electron chi connectivity index (χ0n) is 22.1. The van der Waals surface area contributed by atoms with Crippen molar-refractivity contribution in [1.29, 1.82) is 0 Å². The summed E-state index contributed by atoms with van der Waals surface area (Å²) < 4.78 is 40.4. The predicted octanol–water partition coefficient (Wildman–Crippen LogP) is 4.60. The number of hydrogen-bond donors (Lipinski definition) is 2. The summed E-state index contributed by atoms with van der Waals surface area (Å²) in [6.45, 7) is 0.742. The monoisotopic (exact) mass is 595 g/mol. The lowest BCUT2D eigenvalue weighted by atomic mass is 10.0. The van der Waals surface area contributed by atoms with Crippen LogP contribution in [-0.4, -0.2) is 41.7 Å². The summed E-state index contributed by atoms with van der Waals surface area (Å²) in [5, 5.41) is 4.34. The molecule has 13 heteroatoms. The number of ether oxygens (including phenoxy) is 2. The van der Waals surface area contributed by atoms with E-state index in [9.17, 15) is 23.2 Å². The fourth-order valence-electron chi connectivity index (χ4n) is 4.53. The number of aromatic nitrogens is 2. The summed E-state index contributed by atoms with van der Waals surface area (Å²) in [6, 6.07) is 10.4. The molecule has 5 rings (SSSR count). The highest BCUT2D eigenvalue weighted by Gasteiger charge is 2.30. The van der Waals surface area contributed by atoms with Gasteiger partial charge in [0.25, 0.3) is 5.91 Å². The molecule has 10 nitrogen and oxygen atoms in total. The number of amides is 1. The number of methoxy groups -OCH3 is 1. The van der Waals surface area contributed by atoms with Gasteiger partial charge in [-0.3, -0.25) is 19.1 Å². The van der Waals surface area contributed by atoms with E-state index < -0.39 is 23.0 Å². The maximum Gasteiger partial charge on any atom is 0.310 e. The smallest absolute Gasteiger partial charge is 0.310 e. The third-order valence-electron chi connectivity index (χ3n) is 6.73. The van der Waals surface area contributed by atoms with Crippen LogP contribution in [0.15, 0.2) is 71.9 Å². The second kappa shape index (κ2) is 11.9. The van der Waals surface area contributed by atoms with Gasteiger partial charge in [-0.15, -0.1) is 0 Å². The fourth-order valence-corrected chi connectivity index (χ4v) is 4.68. The summed E-state index contributed by atoms with van der Waals surface area (Å²) in [5.41, 5.74) is 5.35. The van der Waals surface area contributed by atoms with E-state index in [1.165, 1.54) is 68.2 Å². The molecule has 1 saturated heterocycles. The van der Waals surface area contributed by atoms with Crippen LogP contribution in [0.3, 0.4) is 0 Å². The van der Waals surface area contributed by atoms with Crippen molar-refractivity contribution in [2.24, 2.45) is 5.92 Å². The Morgan fingerprint density at radius 3 is 2.57 bits per heavy atom. The average molecular weight is 596 g/mol. The number of nitrogens with one attached hydrogen (secondary N) is 1. The van der Waals surface area contributed by atoms with Crippen LogP contribution < -0.4 is 26.2 Å². The molecular formula is C29H24ClF2N5O5. The van der Waals surface area contributed by atoms with Gasteiger partial charge in [-0.2, -0.15) is 0 Å². The number of pyridine rings is 2. The molecule has 3 N–H and O–H groups in total. The van der Waals surface area contributed by atoms with E-state index in [1.54, 1.807) is 9.69 Å². The van der Waals surface area contributed by atoms with Gasteiger partial charge in [0, 0.05) is 55.1 Å². The van der Waals surface area contributed by atoms with Gasteiger partial charge in [0.2, 0.25) is 5.43 Å². The van der Waals surface area contributed by atoms with Crippen molar-refractivity contribution in [2.75, 3.05) is 36.3 Å². The van der Waals surface area contributed by atoms with Gasteiger partial charge >= 0.3 is 5.97 Å². The van der Waals surface area contributed by atoms with Crippen molar-refractivity contribution in [2.45, 2.75) is 6.42 Å². The molecule has 216 valence electrons. The van der Waals surface area contributed by atoms with E-state index in [2.05, 4.69) is 10.3 Å². The number of esters is 1. The second-order valence-corrected chi connectivity index (χ2v) is 9.81. The molecular weight excluding hydrogens is 572 g/mol. The van der Waals surface area contributed by atoms with E-state index in [0.29, 0.717) is 25.1 Å². The Morgan fingerprint density at radius 1 is 1.10 bits per heavy atom. The topological polar surface area (TPSA) is 129 Å². The molecule has 0 spiro atoms. The predicted molar refractivity (Wildman–Crippen MR) is 152 cm³/mol. The highest BCUT2D eigenvalue weighted by Crippen LogP contribution is 2.34. The molecule has 42 heavy (non-hydrogen) atoms. The quantitative estimate of drug-likeness (QED) is 0.297. The molecule has 0 unspecified atom stereocenters. The van der Waals surface area contributed by atoms with Crippen molar-refractivity contribution in [3.05, 3.63) is 99.6 Å². The zero-order chi connectivity index (χ0) is 30.0. The number of halogens is 3. The minimum absolute atomic E-state index is 0.0155. The Kier molecular flexibility index (Phi) is 8.07. The molecule has 2 aromatic carbocycles. The first-order valence-electron chi connectivity index (χ1n) is 12.7. The molecule has 0 radical (unpaired) electrons. The summed E-state index contributed by atoms with van der Waals surface area (Å²) in [4.78, 5) is 42.7. The minimum atomic E-state index is -0.817. The van der Waals surface area contributed by atoms with Gasteiger partial charge in [-0.05, 0) is 36.2 Å². The third-order valence-corrected chi connectivity index (χ3v) is 7.11. The van der Waals surface area contributed by atoms with Crippen molar-refractivity contribution < 1.29 is 27.8 Å². The highest BCUT2D eigenvalue weighted by molar-refractivity contribution is 6.34. The largest absolute Gasteiger partial charge is 0.469 e. The maximum absolute atomic E-state index is 14.9. The Labute approximate surface area is 243 Å². The molecule has 2 aromatic heterocycles. The van der Waals surface area contributed by atoms with Crippen LogP contribution in [0.5, 0.6) is 11.5 Å². The molecule has 1 atom stereocenters. The van der Waals surface area contributed by atoms with Crippen molar-refractivity contribution in [3.63, 3.8) is 0 Å². The highest BCUT2D eigenvalue weighted by atomic mass is 35.5. The number of benzene rings is 2. The van der Waals surface area contributed by atoms with Gasteiger partial charge in [0.05, 0.1) is 13.0 Å². The first kappa shape index (κ1) is 28.6.